The first kappa shape index (κ1) is 22.6. The number of piperidine rings is 1. The van der Waals surface area contributed by atoms with Gasteiger partial charge >= 0.3 is 6.09 Å². The van der Waals surface area contributed by atoms with Crippen molar-refractivity contribution in [2.75, 3.05) is 13.1 Å². The molecule has 9 nitrogen and oxygen atoms in total. The Balaban J connectivity index is 1.31. The number of fused-ring (bicyclic) bond motifs is 3. The van der Waals surface area contributed by atoms with E-state index in [1.165, 1.54) is 0 Å². The fourth-order valence-corrected chi connectivity index (χ4v) is 5.07. The van der Waals surface area contributed by atoms with Crippen LogP contribution in [0.5, 0.6) is 0 Å². The summed E-state index contributed by atoms with van der Waals surface area (Å²) in [7, 11) is 0. The molecule has 2 N–H and O–H groups in total. The van der Waals surface area contributed by atoms with E-state index in [1.807, 2.05) is 43.0 Å². The predicted molar refractivity (Wildman–Crippen MR) is 127 cm³/mol. The molecule has 178 valence electrons. The molecule has 2 amide bonds. The normalized spacial score (nSPS) is 16.7. The van der Waals surface area contributed by atoms with Crippen molar-refractivity contribution < 1.29 is 14.7 Å². The molecule has 0 bridgehead atoms. The fourth-order valence-electron chi connectivity index (χ4n) is 4.95. The second kappa shape index (κ2) is 8.88. The third kappa shape index (κ3) is 4.10. The molecule has 10 heteroatoms. The zero-order chi connectivity index (χ0) is 24.0. The molecule has 1 aromatic carbocycles. The minimum atomic E-state index is -0.975. The van der Waals surface area contributed by atoms with E-state index >= 15 is 0 Å². The number of halogens is 1. The van der Waals surface area contributed by atoms with E-state index < -0.39 is 6.09 Å². The van der Waals surface area contributed by atoms with Crippen LogP contribution in [0.4, 0.5) is 4.79 Å². The van der Waals surface area contributed by atoms with Crippen molar-refractivity contribution in [3.8, 4) is 0 Å². The number of benzene rings is 1. The lowest BCUT2D eigenvalue weighted by Crippen LogP contribution is -2.44. The molecule has 0 saturated carbocycles. The molecular formula is C24H27ClN6O3. The monoisotopic (exact) mass is 482 g/mol. The lowest BCUT2D eigenvalue weighted by Gasteiger charge is -2.32. The van der Waals surface area contributed by atoms with Gasteiger partial charge in [-0.3, -0.25) is 9.69 Å². The Kier molecular flexibility index (Phi) is 5.91. The third-order valence-corrected chi connectivity index (χ3v) is 7.35. The number of nitrogens with one attached hydrogen (secondary N) is 1. The Bertz CT molecular complexity index is 1280. The van der Waals surface area contributed by atoms with Crippen LogP contribution in [0, 0.1) is 13.8 Å². The van der Waals surface area contributed by atoms with Gasteiger partial charge in [0.25, 0.3) is 5.91 Å². The van der Waals surface area contributed by atoms with Gasteiger partial charge in [0, 0.05) is 36.8 Å². The summed E-state index contributed by atoms with van der Waals surface area (Å²) >= 11 is 6.34. The van der Waals surface area contributed by atoms with Crippen LogP contribution in [-0.2, 0) is 19.6 Å². The highest BCUT2D eigenvalue weighted by Gasteiger charge is 2.31. The van der Waals surface area contributed by atoms with Crippen LogP contribution >= 0.6 is 11.6 Å². The molecule has 3 aromatic rings. The van der Waals surface area contributed by atoms with Gasteiger partial charge in [0.15, 0.2) is 5.65 Å². The van der Waals surface area contributed by atoms with Crippen molar-refractivity contribution in [3.63, 3.8) is 0 Å². The average molecular weight is 483 g/mol. The topological polar surface area (TPSA) is 103 Å². The molecule has 2 aliphatic heterocycles. The van der Waals surface area contributed by atoms with E-state index in [2.05, 4.69) is 20.3 Å². The first-order valence-corrected chi connectivity index (χ1v) is 11.8. The Morgan fingerprint density at radius 3 is 2.65 bits per heavy atom. The summed E-state index contributed by atoms with van der Waals surface area (Å²) in [5, 5.41) is 16.8. The first-order valence-electron chi connectivity index (χ1n) is 11.4. The van der Waals surface area contributed by atoms with Crippen molar-refractivity contribution in [3.05, 3.63) is 63.1 Å². The Hall–Kier alpha value is -3.17. The smallest absolute Gasteiger partial charge is 0.404 e. The first-order chi connectivity index (χ1) is 16.3. The largest absolute Gasteiger partial charge is 0.465 e. The van der Waals surface area contributed by atoms with E-state index in [0.717, 1.165) is 59.8 Å². The van der Waals surface area contributed by atoms with E-state index in [4.69, 9.17) is 16.7 Å². The second-order valence-electron chi connectivity index (χ2n) is 9.08. The maximum absolute atomic E-state index is 13.5. The molecule has 0 unspecified atom stereocenters. The van der Waals surface area contributed by atoms with E-state index in [9.17, 15) is 9.59 Å². The summed E-state index contributed by atoms with van der Waals surface area (Å²) in [5.41, 5.74) is 5.87. The number of likely N-dealkylation sites (tertiary alicyclic amines) is 1. The standard InChI is InChI=1S/C24H27ClN6O3/c1-14-21(25)15(2)31-22(26-14)19-12-30(13-20(19)28-31)23(32)18-6-4-3-5-16(18)11-29-9-7-17(8-10-29)27-24(33)34/h3-6,17,27H,7-13H2,1-2H3,(H,33,34). The van der Waals surface area contributed by atoms with Crippen molar-refractivity contribution in [2.45, 2.75) is 52.4 Å². The van der Waals surface area contributed by atoms with Crippen molar-refractivity contribution >= 4 is 29.2 Å². The Labute approximate surface area is 202 Å². The van der Waals surface area contributed by atoms with Gasteiger partial charge in [-0.05, 0) is 38.3 Å². The number of hydrogen-bond donors (Lipinski definition) is 2. The number of amides is 2. The van der Waals surface area contributed by atoms with Crippen LogP contribution in [0.1, 0.15) is 51.4 Å². The number of hydrogen-bond acceptors (Lipinski definition) is 5. The number of carboxylic acid groups (broad SMARTS) is 1. The second-order valence-corrected chi connectivity index (χ2v) is 9.45. The summed E-state index contributed by atoms with van der Waals surface area (Å²) in [6.07, 6.45) is 0.552. The average Bonchev–Trinajstić information content (AvgIpc) is 3.38. The van der Waals surface area contributed by atoms with Gasteiger partial charge in [-0.25, -0.2) is 14.3 Å². The van der Waals surface area contributed by atoms with E-state index in [-0.39, 0.29) is 11.9 Å². The molecule has 2 aromatic heterocycles. The number of aromatic nitrogens is 3. The Morgan fingerprint density at radius 2 is 1.91 bits per heavy atom. The maximum Gasteiger partial charge on any atom is 0.404 e. The third-order valence-electron chi connectivity index (χ3n) is 6.80. The van der Waals surface area contributed by atoms with Gasteiger partial charge in [-0.15, -0.1) is 0 Å². The molecule has 0 atom stereocenters. The summed E-state index contributed by atoms with van der Waals surface area (Å²) in [6, 6.07) is 7.71. The highest BCUT2D eigenvalue weighted by Crippen LogP contribution is 2.30. The quantitative estimate of drug-likeness (QED) is 0.591. The van der Waals surface area contributed by atoms with Crippen LogP contribution < -0.4 is 5.32 Å². The maximum atomic E-state index is 13.5. The van der Waals surface area contributed by atoms with Gasteiger partial charge in [0.2, 0.25) is 0 Å². The molecule has 1 saturated heterocycles. The van der Waals surface area contributed by atoms with Crippen LogP contribution in [-0.4, -0.2) is 60.6 Å². The number of aryl methyl sites for hydroxylation is 2. The van der Waals surface area contributed by atoms with Crippen molar-refractivity contribution in [1.29, 1.82) is 0 Å². The Morgan fingerprint density at radius 1 is 1.18 bits per heavy atom. The fraction of sp³-hybridized carbons (Fsp3) is 0.417. The zero-order valence-corrected chi connectivity index (χ0v) is 20.0. The number of carbonyl (C=O) groups excluding carboxylic acids is 1. The molecule has 1 fully saturated rings. The van der Waals surface area contributed by atoms with Crippen molar-refractivity contribution in [2.24, 2.45) is 0 Å². The van der Waals surface area contributed by atoms with Crippen LogP contribution in [0.2, 0.25) is 5.02 Å². The molecule has 0 radical (unpaired) electrons. The molecule has 34 heavy (non-hydrogen) atoms. The number of carbonyl (C=O) groups is 2. The molecule has 0 spiro atoms. The molecule has 5 rings (SSSR count). The van der Waals surface area contributed by atoms with Gasteiger partial charge in [-0.1, -0.05) is 29.8 Å². The summed E-state index contributed by atoms with van der Waals surface area (Å²) in [5.74, 6) is -0.0170. The van der Waals surface area contributed by atoms with Crippen LogP contribution in [0.15, 0.2) is 24.3 Å². The lowest BCUT2D eigenvalue weighted by molar-refractivity contribution is 0.0746. The summed E-state index contributed by atoms with van der Waals surface area (Å²) in [4.78, 5) is 33.1. The zero-order valence-electron chi connectivity index (χ0n) is 19.2. The van der Waals surface area contributed by atoms with Gasteiger partial charge in [0.1, 0.15) is 0 Å². The number of rotatable bonds is 4. The summed E-state index contributed by atoms with van der Waals surface area (Å²) in [6.45, 7) is 6.93. The van der Waals surface area contributed by atoms with Crippen LogP contribution in [0.25, 0.3) is 5.65 Å². The highest BCUT2D eigenvalue weighted by atomic mass is 35.5. The molecule has 4 heterocycles. The number of nitrogens with zero attached hydrogens (tertiary/aromatic N) is 5. The minimum absolute atomic E-state index is 0.0102. The predicted octanol–water partition coefficient (Wildman–Crippen LogP) is 3.39. The molecular weight excluding hydrogens is 456 g/mol. The van der Waals surface area contributed by atoms with Crippen LogP contribution in [0.3, 0.4) is 0 Å². The SMILES string of the molecule is Cc1nc2c3c(nn2c(C)c1Cl)CN(C(=O)c1ccccc1CN1CCC(NC(=O)O)CC1)C3. The van der Waals surface area contributed by atoms with Crippen molar-refractivity contribution in [1.82, 2.24) is 29.7 Å². The van der Waals surface area contributed by atoms with E-state index in [1.54, 1.807) is 4.52 Å². The highest BCUT2D eigenvalue weighted by molar-refractivity contribution is 6.31. The summed E-state index contributed by atoms with van der Waals surface area (Å²) < 4.78 is 1.78. The van der Waals surface area contributed by atoms with E-state index in [0.29, 0.717) is 30.2 Å². The lowest BCUT2D eigenvalue weighted by atomic mass is 10.0. The van der Waals surface area contributed by atoms with Gasteiger partial charge in [0.05, 0.1) is 35.2 Å². The van der Waals surface area contributed by atoms with Gasteiger partial charge < -0.3 is 15.3 Å². The van der Waals surface area contributed by atoms with Gasteiger partial charge in [-0.2, -0.15) is 5.10 Å². The minimum Gasteiger partial charge on any atom is -0.465 e. The molecule has 2 aliphatic rings. The molecule has 0 aliphatic carbocycles.